The summed E-state index contributed by atoms with van der Waals surface area (Å²) in [5.41, 5.74) is -0.0509. The van der Waals surface area contributed by atoms with E-state index in [1.54, 1.807) is 45.0 Å². The third-order valence-electron chi connectivity index (χ3n) is 4.18. The molecular formula is C18H26N2O5. The number of ether oxygens (including phenoxy) is 1. The normalized spacial score (nSPS) is 26.3. The summed E-state index contributed by atoms with van der Waals surface area (Å²) in [6, 6.07) is 8.68. The van der Waals surface area contributed by atoms with Gasteiger partial charge in [-0.3, -0.25) is 9.59 Å². The molecule has 1 saturated heterocycles. The van der Waals surface area contributed by atoms with Crippen LogP contribution in [-0.4, -0.2) is 53.6 Å². The molecule has 7 nitrogen and oxygen atoms in total. The van der Waals surface area contributed by atoms with Crippen LogP contribution in [0.4, 0.5) is 0 Å². The van der Waals surface area contributed by atoms with Crippen LogP contribution in [0.3, 0.4) is 0 Å². The van der Waals surface area contributed by atoms with E-state index in [1.807, 2.05) is 6.07 Å². The highest BCUT2D eigenvalue weighted by molar-refractivity contribution is 5.94. The maximum absolute atomic E-state index is 12.0. The first kappa shape index (κ1) is 19.4. The number of hydrogen-bond acceptors (Lipinski definition) is 5. The maximum atomic E-state index is 12.0. The molecule has 0 radical (unpaired) electrons. The molecular weight excluding hydrogens is 324 g/mol. The second-order valence-electron chi connectivity index (χ2n) is 7.26. The lowest BCUT2D eigenvalue weighted by Crippen LogP contribution is -2.44. The van der Waals surface area contributed by atoms with Gasteiger partial charge in [-0.25, -0.2) is 0 Å². The van der Waals surface area contributed by atoms with Crippen LogP contribution in [0.15, 0.2) is 30.3 Å². The average molecular weight is 350 g/mol. The molecule has 0 saturated carbocycles. The topological polar surface area (TPSA) is 108 Å². The third kappa shape index (κ3) is 5.01. The van der Waals surface area contributed by atoms with Crippen molar-refractivity contribution in [2.75, 3.05) is 13.1 Å². The van der Waals surface area contributed by atoms with Crippen LogP contribution < -0.4 is 10.6 Å². The van der Waals surface area contributed by atoms with Gasteiger partial charge in [0.25, 0.3) is 5.91 Å². The summed E-state index contributed by atoms with van der Waals surface area (Å²) in [6.45, 7) is 5.51. The Balaban J connectivity index is 1.86. The largest absolute Gasteiger partial charge is 0.390 e. The van der Waals surface area contributed by atoms with Crippen LogP contribution in [0.1, 0.15) is 31.1 Å². The van der Waals surface area contributed by atoms with Gasteiger partial charge in [-0.15, -0.1) is 0 Å². The molecule has 25 heavy (non-hydrogen) atoms. The third-order valence-corrected chi connectivity index (χ3v) is 4.18. The first-order valence-electron chi connectivity index (χ1n) is 8.33. The molecule has 1 aromatic carbocycles. The number of amides is 2. The van der Waals surface area contributed by atoms with Crippen LogP contribution in [0.5, 0.6) is 0 Å². The second kappa shape index (κ2) is 7.95. The molecule has 1 unspecified atom stereocenters. The summed E-state index contributed by atoms with van der Waals surface area (Å²) < 4.78 is 5.33. The van der Waals surface area contributed by atoms with Gasteiger partial charge in [0, 0.05) is 24.1 Å². The Morgan fingerprint density at radius 1 is 1.08 bits per heavy atom. The molecule has 4 atom stereocenters. The minimum atomic E-state index is -1.21. The standard InChI is InChI=1S/C18H26N2O5/c1-18(2,3)17(24)20-10-13-14(21)12(16(23)25-13)9-19-15(22)11-7-5-4-6-8-11/h4-8,12-14,16,21,23H,9-10H2,1-3H3,(H,19,22)(H,20,24)/t12-,13+,14+,16?/m0/s1. The van der Waals surface area contributed by atoms with E-state index >= 15 is 0 Å². The molecule has 2 rings (SSSR count). The molecule has 0 aliphatic carbocycles. The summed E-state index contributed by atoms with van der Waals surface area (Å²) in [5.74, 6) is -1.12. The van der Waals surface area contributed by atoms with E-state index in [4.69, 9.17) is 4.74 Å². The van der Waals surface area contributed by atoms with Gasteiger partial charge in [-0.05, 0) is 12.1 Å². The molecule has 138 valence electrons. The Morgan fingerprint density at radius 2 is 1.72 bits per heavy atom. The molecule has 1 heterocycles. The molecule has 1 aliphatic rings. The molecule has 1 fully saturated rings. The summed E-state index contributed by atoms with van der Waals surface area (Å²) in [5, 5.41) is 25.7. The number of rotatable bonds is 5. The van der Waals surface area contributed by atoms with Crippen molar-refractivity contribution in [1.82, 2.24) is 10.6 Å². The monoisotopic (exact) mass is 350 g/mol. The first-order chi connectivity index (χ1) is 11.7. The Morgan fingerprint density at radius 3 is 2.32 bits per heavy atom. The molecule has 0 spiro atoms. The fourth-order valence-corrected chi connectivity index (χ4v) is 2.56. The number of hydrogen-bond donors (Lipinski definition) is 4. The minimum Gasteiger partial charge on any atom is -0.390 e. The minimum absolute atomic E-state index is 0.0692. The quantitative estimate of drug-likeness (QED) is 0.610. The van der Waals surface area contributed by atoms with Crippen molar-refractivity contribution in [3.05, 3.63) is 35.9 Å². The zero-order valence-corrected chi connectivity index (χ0v) is 14.7. The smallest absolute Gasteiger partial charge is 0.251 e. The number of benzene rings is 1. The Labute approximate surface area is 147 Å². The van der Waals surface area contributed by atoms with Crippen molar-refractivity contribution in [1.29, 1.82) is 0 Å². The van der Waals surface area contributed by atoms with E-state index in [9.17, 15) is 19.8 Å². The number of nitrogens with one attached hydrogen (secondary N) is 2. The van der Waals surface area contributed by atoms with Crippen LogP contribution >= 0.6 is 0 Å². The summed E-state index contributed by atoms with van der Waals surface area (Å²) in [7, 11) is 0. The predicted molar refractivity (Wildman–Crippen MR) is 91.6 cm³/mol. The van der Waals surface area contributed by atoms with Gasteiger partial charge in [0.05, 0.1) is 12.0 Å². The zero-order chi connectivity index (χ0) is 18.6. The first-order valence-corrected chi connectivity index (χ1v) is 8.33. The molecule has 4 N–H and O–H groups in total. The van der Waals surface area contributed by atoms with Crippen LogP contribution in [-0.2, 0) is 9.53 Å². The lowest BCUT2D eigenvalue weighted by atomic mass is 9.95. The molecule has 1 aliphatic heterocycles. The van der Waals surface area contributed by atoms with E-state index < -0.39 is 29.8 Å². The van der Waals surface area contributed by atoms with Gasteiger partial charge in [0.2, 0.25) is 5.91 Å². The van der Waals surface area contributed by atoms with E-state index in [0.29, 0.717) is 5.56 Å². The summed E-state index contributed by atoms with van der Waals surface area (Å²) in [6.07, 6.45) is -2.92. The van der Waals surface area contributed by atoms with E-state index in [0.717, 1.165) is 0 Å². The Kier molecular flexibility index (Phi) is 6.16. The van der Waals surface area contributed by atoms with Crippen molar-refractivity contribution >= 4 is 11.8 Å². The Bertz CT molecular complexity index is 599. The SMILES string of the molecule is CC(C)(C)C(=O)NC[C@H]1OC(O)[C@@H](CNC(=O)c2ccccc2)[C@H]1O. The molecule has 2 amide bonds. The lowest BCUT2D eigenvalue weighted by molar-refractivity contribution is -0.131. The molecule has 0 bridgehead atoms. The summed E-state index contributed by atoms with van der Waals surface area (Å²) >= 11 is 0. The number of carbonyl (C=O) groups excluding carboxylic acids is 2. The Hall–Kier alpha value is -1.96. The second-order valence-corrected chi connectivity index (χ2v) is 7.26. The number of aliphatic hydroxyl groups is 2. The van der Waals surface area contributed by atoms with Crippen molar-refractivity contribution in [2.24, 2.45) is 11.3 Å². The number of carbonyl (C=O) groups is 2. The highest BCUT2D eigenvalue weighted by Gasteiger charge is 2.43. The molecule has 7 heteroatoms. The highest BCUT2D eigenvalue weighted by atomic mass is 16.6. The van der Waals surface area contributed by atoms with Gasteiger partial charge < -0.3 is 25.6 Å². The highest BCUT2D eigenvalue weighted by Crippen LogP contribution is 2.25. The van der Waals surface area contributed by atoms with Gasteiger partial charge in [-0.2, -0.15) is 0 Å². The van der Waals surface area contributed by atoms with Crippen LogP contribution in [0.25, 0.3) is 0 Å². The van der Waals surface area contributed by atoms with Crippen LogP contribution in [0, 0.1) is 11.3 Å². The predicted octanol–water partition coefficient (Wildman–Crippen LogP) is 0.273. The maximum Gasteiger partial charge on any atom is 0.251 e. The average Bonchev–Trinajstić information content (AvgIpc) is 2.84. The summed E-state index contributed by atoms with van der Waals surface area (Å²) in [4.78, 5) is 23.9. The van der Waals surface area contributed by atoms with E-state index in [1.165, 1.54) is 0 Å². The van der Waals surface area contributed by atoms with Crippen molar-refractivity contribution in [3.8, 4) is 0 Å². The fraction of sp³-hybridized carbons (Fsp3) is 0.556. The van der Waals surface area contributed by atoms with Crippen molar-refractivity contribution in [3.63, 3.8) is 0 Å². The van der Waals surface area contributed by atoms with Crippen molar-refractivity contribution < 1.29 is 24.5 Å². The van der Waals surface area contributed by atoms with Crippen LogP contribution in [0.2, 0.25) is 0 Å². The fourth-order valence-electron chi connectivity index (χ4n) is 2.56. The zero-order valence-electron chi connectivity index (χ0n) is 14.7. The molecule has 0 aromatic heterocycles. The van der Waals surface area contributed by atoms with E-state index in [2.05, 4.69) is 10.6 Å². The van der Waals surface area contributed by atoms with Gasteiger partial charge in [0.15, 0.2) is 6.29 Å². The number of aliphatic hydroxyl groups excluding tert-OH is 2. The van der Waals surface area contributed by atoms with Gasteiger partial charge in [-0.1, -0.05) is 39.0 Å². The lowest BCUT2D eigenvalue weighted by Gasteiger charge is -2.21. The van der Waals surface area contributed by atoms with Gasteiger partial charge in [0.1, 0.15) is 6.10 Å². The van der Waals surface area contributed by atoms with Crippen molar-refractivity contribution in [2.45, 2.75) is 39.3 Å². The van der Waals surface area contributed by atoms with E-state index in [-0.39, 0.29) is 24.9 Å². The van der Waals surface area contributed by atoms with Gasteiger partial charge >= 0.3 is 0 Å². The molecule has 1 aromatic rings.